The van der Waals surface area contributed by atoms with Gasteiger partial charge in [-0.05, 0) is 45.0 Å². The number of esters is 1. The van der Waals surface area contributed by atoms with Gasteiger partial charge in [-0.1, -0.05) is 42.3 Å². The lowest BCUT2D eigenvalue weighted by Gasteiger charge is -2.27. The lowest BCUT2D eigenvalue weighted by atomic mass is 9.98. The molecule has 0 N–H and O–H groups in total. The molecule has 1 unspecified atom stereocenters. The van der Waals surface area contributed by atoms with E-state index in [0.717, 1.165) is 11.1 Å². The molecule has 0 aliphatic carbocycles. The van der Waals surface area contributed by atoms with Crippen molar-refractivity contribution < 1.29 is 31.2 Å². The fourth-order valence-corrected chi connectivity index (χ4v) is 7.77. The SMILES string of the molecule is CCOC(=O)[C@H]1C(S(=O)(=O)c2ccc(C)cc2)N(S(=O)(=O)c2ccc(C)cc2)C(=O)[C@@H]1C. The van der Waals surface area contributed by atoms with Gasteiger partial charge in [0.1, 0.15) is 5.92 Å². The molecule has 0 saturated carbocycles. The minimum Gasteiger partial charge on any atom is -0.466 e. The summed E-state index contributed by atoms with van der Waals surface area (Å²) in [7, 11) is -9.03. The normalized spacial score (nSPS) is 21.6. The summed E-state index contributed by atoms with van der Waals surface area (Å²) < 4.78 is 59.6. The van der Waals surface area contributed by atoms with Crippen LogP contribution < -0.4 is 0 Å². The molecule has 32 heavy (non-hydrogen) atoms. The molecule has 1 heterocycles. The molecule has 1 aliphatic heterocycles. The number of sulfone groups is 1. The number of aryl methyl sites for hydroxylation is 2. The average Bonchev–Trinajstić information content (AvgIpc) is 3.01. The van der Waals surface area contributed by atoms with Crippen molar-refractivity contribution >= 4 is 31.7 Å². The Morgan fingerprint density at radius 2 is 1.38 bits per heavy atom. The van der Waals surface area contributed by atoms with E-state index in [1.807, 2.05) is 0 Å². The summed E-state index contributed by atoms with van der Waals surface area (Å²) >= 11 is 0. The third kappa shape index (κ3) is 4.04. The predicted molar refractivity (Wildman–Crippen MR) is 117 cm³/mol. The van der Waals surface area contributed by atoms with E-state index in [2.05, 4.69) is 0 Å². The molecule has 0 bridgehead atoms. The van der Waals surface area contributed by atoms with Gasteiger partial charge in [-0.3, -0.25) is 9.59 Å². The molecular formula is C22H25NO7S2. The van der Waals surface area contributed by atoms with Crippen molar-refractivity contribution in [1.29, 1.82) is 0 Å². The third-order valence-electron chi connectivity index (χ3n) is 5.49. The summed E-state index contributed by atoms with van der Waals surface area (Å²) in [5.41, 5.74) is 1.59. The second-order valence-corrected chi connectivity index (χ2v) is 11.6. The Hall–Kier alpha value is -2.72. The van der Waals surface area contributed by atoms with E-state index in [1.165, 1.54) is 31.2 Å². The minimum absolute atomic E-state index is 0.0434. The van der Waals surface area contributed by atoms with Gasteiger partial charge >= 0.3 is 5.97 Å². The Balaban J connectivity index is 2.24. The lowest BCUT2D eigenvalue weighted by molar-refractivity contribution is -0.149. The maximum absolute atomic E-state index is 13.6. The molecular weight excluding hydrogens is 454 g/mol. The van der Waals surface area contributed by atoms with Crippen molar-refractivity contribution in [1.82, 2.24) is 4.31 Å². The Labute approximate surface area is 188 Å². The third-order valence-corrected chi connectivity index (χ3v) is 9.48. The Bertz CT molecular complexity index is 1230. The topological polar surface area (TPSA) is 115 Å². The molecule has 8 nitrogen and oxygen atoms in total. The first-order chi connectivity index (χ1) is 14.9. The van der Waals surface area contributed by atoms with Gasteiger partial charge in [-0.15, -0.1) is 0 Å². The van der Waals surface area contributed by atoms with Crippen LogP contribution >= 0.6 is 0 Å². The van der Waals surface area contributed by atoms with E-state index in [9.17, 15) is 26.4 Å². The highest BCUT2D eigenvalue weighted by atomic mass is 32.2. The molecule has 10 heteroatoms. The van der Waals surface area contributed by atoms with Crippen LogP contribution in [0.15, 0.2) is 58.3 Å². The van der Waals surface area contributed by atoms with Crippen LogP contribution in [-0.2, 0) is 34.2 Å². The van der Waals surface area contributed by atoms with Crippen LogP contribution in [-0.4, -0.2) is 45.0 Å². The van der Waals surface area contributed by atoms with Gasteiger partial charge in [-0.25, -0.2) is 21.1 Å². The Kier molecular flexibility index (Phi) is 6.48. The van der Waals surface area contributed by atoms with Crippen molar-refractivity contribution in [3.05, 3.63) is 59.7 Å². The zero-order chi connectivity index (χ0) is 23.8. The number of carbonyl (C=O) groups excluding carboxylic acids is 2. The van der Waals surface area contributed by atoms with Gasteiger partial charge in [-0.2, -0.15) is 0 Å². The van der Waals surface area contributed by atoms with Gasteiger partial charge in [0.25, 0.3) is 10.0 Å². The van der Waals surface area contributed by atoms with E-state index in [-0.39, 0.29) is 16.4 Å². The smallest absolute Gasteiger partial charge is 0.312 e. The van der Waals surface area contributed by atoms with Crippen LogP contribution in [0.4, 0.5) is 0 Å². The summed E-state index contributed by atoms with van der Waals surface area (Å²) in [6.07, 6.45) is 0. The summed E-state index contributed by atoms with van der Waals surface area (Å²) in [5.74, 6) is -4.62. The van der Waals surface area contributed by atoms with Gasteiger partial charge < -0.3 is 4.74 Å². The van der Waals surface area contributed by atoms with Crippen molar-refractivity contribution in [2.24, 2.45) is 11.8 Å². The van der Waals surface area contributed by atoms with Gasteiger partial charge in [0, 0.05) is 0 Å². The Morgan fingerprint density at radius 1 is 0.906 bits per heavy atom. The maximum atomic E-state index is 13.6. The number of carbonyl (C=O) groups is 2. The zero-order valence-corrected chi connectivity index (χ0v) is 19.8. The molecule has 2 aromatic rings. The number of benzene rings is 2. The molecule has 0 radical (unpaired) electrons. The summed E-state index contributed by atoms with van der Waals surface area (Å²) in [5, 5.41) is -1.96. The van der Waals surface area contributed by atoms with Crippen molar-refractivity contribution in [2.75, 3.05) is 6.61 Å². The molecule has 1 amide bonds. The molecule has 0 aromatic heterocycles. The van der Waals surface area contributed by atoms with E-state index in [0.29, 0.717) is 4.31 Å². The highest BCUT2D eigenvalue weighted by Crippen LogP contribution is 2.41. The molecule has 1 fully saturated rings. The largest absolute Gasteiger partial charge is 0.466 e. The maximum Gasteiger partial charge on any atom is 0.312 e. The molecule has 3 atom stereocenters. The fraction of sp³-hybridized carbons (Fsp3) is 0.364. The number of ether oxygens (including phenoxy) is 1. The number of hydrogen-bond acceptors (Lipinski definition) is 7. The van der Waals surface area contributed by atoms with Crippen LogP contribution in [0.3, 0.4) is 0 Å². The summed E-state index contributed by atoms with van der Waals surface area (Å²) in [4.78, 5) is 25.4. The van der Waals surface area contributed by atoms with Gasteiger partial charge in [0.05, 0.1) is 22.3 Å². The number of rotatable bonds is 6. The molecule has 0 spiro atoms. The van der Waals surface area contributed by atoms with E-state index in [1.54, 1.807) is 45.0 Å². The zero-order valence-electron chi connectivity index (χ0n) is 18.2. The van der Waals surface area contributed by atoms with Crippen molar-refractivity contribution in [3.63, 3.8) is 0 Å². The minimum atomic E-state index is -4.57. The quantitative estimate of drug-likeness (QED) is 0.585. The standard InChI is InChI=1S/C22H25NO7S2/c1-5-30-22(25)19-16(4)20(24)23(32(28,29)18-12-8-15(3)9-13-18)21(19)31(26,27)17-10-6-14(2)7-11-17/h6-13,16,19,21H,5H2,1-4H3/t16-,19-,21?/m1/s1. The van der Waals surface area contributed by atoms with E-state index >= 15 is 0 Å². The van der Waals surface area contributed by atoms with Crippen LogP contribution in [0.2, 0.25) is 0 Å². The second-order valence-electron chi connectivity index (χ2n) is 7.77. The number of nitrogens with zero attached hydrogens (tertiary/aromatic N) is 1. The summed E-state index contributed by atoms with van der Waals surface area (Å²) in [6.45, 7) is 6.38. The number of sulfonamides is 1. The van der Waals surface area contributed by atoms with Crippen LogP contribution in [0.25, 0.3) is 0 Å². The highest BCUT2D eigenvalue weighted by Gasteiger charge is 2.60. The molecule has 1 saturated heterocycles. The predicted octanol–water partition coefficient (Wildman–Crippen LogP) is 2.45. The van der Waals surface area contributed by atoms with Crippen molar-refractivity contribution in [3.8, 4) is 0 Å². The van der Waals surface area contributed by atoms with Gasteiger partial charge in [0.15, 0.2) is 5.37 Å². The van der Waals surface area contributed by atoms with E-state index in [4.69, 9.17) is 4.74 Å². The van der Waals surface area contributed by atoms with E-state index < -0.39 is 48.9 Å². The monoisotopic (exact) mass is 479 g/mol. The van der Waals surface area contributed by atoms with Crippen molar-refractivity contribution in [2.45, 2.75) is 42.9 Å². The molecule has 3 rings (SSSR count). The van der Waals surface area contributed by atoms with Crippen LogP contribution in [0.1, 0.15) is 25.0 Å². The molecule has 2 aromatic carbocycles. The number of amides is 1. The first-order valence-corrected chi connectivity index (χ1v) is 13.0. The van der Waals surface area contributed by atoms with Gasteiger partial charge in [0.2, 0.25) is 15.7 Å². The fourth-order valence-electron chi connectivity index (χ4n) is 3.70. The van der Waals surface area contributed by atoms with Crippen LogP contribution in [0, 0.1) is 25.7 Å². The highest BCUT2D eigenvalue weighted by molar-refractivity contribution is 7.94. The average molecular weight is 480 g/mol. The first-order valence-electron chi connectivity index (χ1n) is 10.0. The Morgan fingerprint density at radius 3 is 1.84 bits per heavy atom. The summed E-state index contributed by atoms with van der Waals surface area (Å²) in [6, 6.07) is 11.5. The lowest BCUT2D eigenvalue weighted by Crippen LogP contribution is -2.46. The second kappa shape index (κ2) is 8.67. The molecule has 1 aliphatic rings. The number of hydrogen-bond donors (Lipinski definition) is 0. The first kappa shape index (κ1) is 23.9. The van der Waals surface area contributed by atoms with Crippen LogP contribution in [0.5, 0.6) is 0 Å². The molecule has 172 valence electrons.